The molecule has 19 heteroatoms. The second-order valence-electron chi connectivity index (χ2n) is 13.5. The number of ether oxygens (including phenoxy) is 9. The zero-order valence-electron chi connectivity index (χ0n) is 34.2. The molecule has 2 aliphatic rings. The van der Waals surface area contributed by atoms with E-state index in [0.717, 1.165) is 30.8 Å². The van der Waals surface area contributed by atoms with E-state index in [2.05, 4.69) is 18.7 Å². The molecular formula is C41H56N2O17. The molecule has 1 fully saturated rings. The number of fused-ring (bicyclic) bond motifs is 3. The number of esters is 1. The zero-order chi connectivity index (χ0) is 43.4. The molecule has 1 heterocycles. The van der Waals surface area contributed by atoms with Crippen LogP contribution in [0.25, 0.3) is 11.1 Å². The molecule has 1 saturated heterocycles. The number of aliphatic carboxylic acids is 3. The summed E-state index contributed by atoms with van der Waals surface area (Å²) in [5.74, 6) is -4.49. The Morgan fingerprint density at radius 3 is 1.35 bits per heavy atom. The number of carbonyl (C=O) groups is 5. The summed E-state index contributed by atoms with van der Waals surface area (Å²) in [4.78, 5) is 66.3. The van der Waals surface area contributed by atoms with Crippen molar-refractivity contribution in [2.75, 3.05) is 112 Å². The fourth-order valence-corrected chi connectivity index (χ4v) is 6.41. The van der Waals surface area contributed by atoms with E-state index in [-0.39, 0.29) is 78.4 Å². The van der Waals surface area contributed by atoms with Crippen molar-refractivity contribution in [3.8, 4) is 22.6 Å². The summed E-state index contributed by atoms with van der Waals surface area (Å²) in [6.07, 6.45) is -7.10. The van der Waals surface area contributed by atoms with Gasteiger partial charge in [0.1, 0.15) is 31.3 Å². The number of hydrogen-bond acceptors (Lipinski definition) is 16. The lowest BCUT2D eigenvalue weighted by Crippen LogP contribution is -2.46. The lowest BCUT2D eigenvalue weighted by Gasteiger charge is -2.25. The quantitative estimate of drug-likeness (QED) is 0.155. The normalized spacial score (nSPS) is 20.7. The molecule has 4 unspecified atom stereocenters. The first-order valence-corrected chi connectivity index (χ1v) is 20.0. The number of hydrogen-bond donors (Lipinski definition) is 3. The van der Waals surface area contributed by atoms with Gasteiger partial charge in [-0.3, -0.25) is 9.69 Å². The highest BCUT2D eigenvalue weighted by Crippen LogP contribution is 2.40. The average Bonchev–Trinajstić information content (AvgIpc) is 3.50. The van der Waals surface area contributed by atoms with E-state index in [4.69, 9.17) is 42.6 Å². The van der Waals surface area contributed by atoms with Gasteiger partial charge in [-0.2, -0.15) is 0 Å². The van der Waals surface area contributed by atoms with Gasteiger partial charge in [-0.1, -0.05) is 20.8 Å². The van der Waals surface area contributed by atoms with E-state index in [0.29, 0.717) is 42.3 Å². The van der Waals surface area contributed by atoms with Crippen LogP contribution in [0.5, 0.6) is 11.5 Å². The number of carbonyl (C=O) groups excluding carboxylic acids is 2. The molecule has 3 N–H and O–H groups in total. The number of rotatable bonds is 18. The molecule has 1 aliphatic heterocycles. The van der Waals surface area contributed by atoms with Gasteiger partial charge in [0.2, 0.25) is 0 Å². The van der Waals surface area contributed by atoms with Gasteiger partial charge < -0.3 is 62.9 Å². The molecule has 1 aliphatic carbocycles. The first kappa shape index (κ1) is 47.9. The maximum atomic E-state index is 13.4. The molecule has 0 bridgehead atoms. The average molecular weight is 849 g/mol. The number of benzene rings is 2. The van der Waals surface area contributed by atoms with E-state index in [9.17, 15) is 39.3 Å². The van der Waals surface area contributed by atoms with E-state index in [1.807, 2.05) is 36.1 Å². The fourth-order valence-electron chi connectivity index (χ4n) is 6.41. The number of ketones is 1. The third-order valence-electron chi connectivity index (χ3n) is 9.72. The summed E-state index contributed by atoms with van der Waals surface area (Å²) in [7, 11) is 0. The molecule has 0 amide bonds. The van der Waals surface area contributed by atoms with Gasteiger partial charge in [0.25, 0.3) is 0 Å². The van der Waals surface area contributed by atoms with Crippen molar-refractivity contribution in [3.63, 3.8) is 0 Å². The summed E-state index contributed by atoms with van der Waals surface area (Å²) < 4.78 is 49.5. The van der Waals surface area contributed by atoms with Crippen LogP contribution in [0.2, 0.25) is 0 Å². The highest BCUT2D eigenvalue weighted by Gasteiger charge is 2.38. The third kappa shape index (κ3) is 14.2. The van der Waals surface area contributed by atoms with Crippen LogP contribution in [0.4, 0.5) is 0 Å². The van der Waals surface area contributed by atoms with Crippen LogP contribution in [-0.4, -0.2) is 191 Å². The molecule has 60 heavy (non-hydrogen) atoms. The molecule has 2 aromatic rings. The second-order valence-corrected chi connectivity index (χ2v) is 13.5. The third-order valence-corrected chi connectivity index (χ3v) is 9.72. The second kappa shape index (κ2) is 25.1. The van der Waals surface area contributed by atoms with Crippen LogP contribution >= 0.6 is 0 Å². The maximum Gasteiger partial charge on any atom is 0.338 e. The van der Waals surface area contributed by atoms with Crippen molar-refractivity contribution in [3.05, 3.63) is 47.5 Å². The van der Waals surface area contributed by atoms with Crippen LogP contribution in [-0.2, 0) is 52.3 Å². The Hall–Kier alpha value is -4.73. The van der Waals surface area contributed by atoms with Crippen molar-refractivity contribution < 1.29 is 81.9 Å². The predicted octanol–water partition coefficient (Wildman–Crippen LogP) is 1.70. The minimum Gasteiger partial charge on any atom is -0.492 e. The lowest BCUT2D eigenvalue weighted by molar-refractivity contribution is -0.185. The molecule has 332 valence electrons. The van der Waals surface area contributed by atoms with Crippen molar-refractivity contribution in [2.45, 2.75) is 45.2 Å². The van der Waals surface area contributed by atoms with Crippen molar-refractivity contribution in [1.82, 2.24) is 9.80 Å². The first-order valence-electron chi connectivity index (χ1n) is 20.0. The van der Waals surface area contributed by atoms with Crippen molar-refractivity contribution >= 4 is 29.7 Å². The molecular weight excluding hydrogens is 792 g/mol. The van der Waals surface area contributed by atoms with Crippen LogP contribution in [0.15, 0.2) is 36.4 Å². The first-order chi connectivity index (χ1) is 29.0. The van der Waals surface area contributed by atoms with Gasteiger partial charge in [0, 0.05) is 30.8 Å². The fraction of sp³-hybridized carbons (Fsp3) is 0.585. The monoisotopic (exact) mass is 848 g/mol. The summed E-state index contributed by atoms with van der Waals surface area (Å²) >= 11 is 0. The molecule has 2 aromatic carbocycles. The standard InChI is InChI=1S/C41H56N2O17/c1-4-42(5-2)11-14-54-27-7-9-29-30-10-8-28(26-32(30)33(44)31(29)25-27)55-15-12-43(6-3)13-16-60-41(51)37-36(40(49)50)58-23-19-52-17-21-56-34(38(45)46)35(39(47)48)57-22-18-53-20-24-59-37/h7-10,25-26,34-37H,4-6,11-24H2,1-3H3,(H,45,46)(H,47,48)(H,49,50). The minimum absolute atomic E-state index is 0.0984. The van der Waals surface area contributed by atoms with E-state index >= 15 is 0 Å². The number of carboxylic acid groups (broad SMARTS) is 3. The highest BCUT2D eigenvalue weighted by atomic mass is 16.6. The van der Waals surface area contributed by atoms with Gasteiger partial charge >= 0.3 is 23.9 Å². The Balaban J connectivity index is 1.26. The van der Waals surface area contributed by atoms with E-state index in [1.165, 1.54) is 0 Å². The van der Waals surface area contributed by atoms with Crippen LogP contribution in [0.1, 0.15) is 36.7 Å². The Morgan fingerprint density at radius 2 is 0.933 bits per heavy atom. The molecule has 4 rings (SSSR count). The van der Waals surface area contributed by atoms with E-state index < -0.39 is 48.3 Å². The lowest BCUT2D eigenvalue weighted by atomic mass is 10.1. The van der Waals surface area contributed by atoms with Gasteiger partial charge in [-0.25, -0.2) is 19.2 Å². The minimum atomic E-state index is -1.82. The van der Waals surface area contributed by atoms with Crippen LogP contribution < -0.4 is 9.47 Å². The SMILES string of the molecule is CCN(CC)CCOc1ccc2c(c1)C(=O)c1cc(OCCN(CC)CCOC(=O)C3OCCOCCOC(C(=O)O)C(C(=O)O)OCCOCCOC3C(=O)O)ccc1-2. The molecule has 19 nitrogen and oxygen atoms in total. The molecule has 0 aromatic heterocycles. The largest absolute Gasteiger partial charge is 0.492 e. The van der Waals surface area contributed by atoms with Crippen LogP contribution in [0, 0.1) is 0 Å². The highest BCUT2D eigenvalue weighted by molar-refractivity contribution is 6.22. The van der Waals surface area contributed by atoms with Gasteiger partial charge in [0.05, 0.1) is 52.9 Å². The summed E-state index contributed by atoms with van der Waals surface area (Å²) in [5, 5.41) is 28.8. The van der Waals surface area contributed by atoms with Gasteiger partial charge in [0.15, 0.2) is 30.2 Å². The molecule has 0 radical (unpaired) electrons. The Morgan fingerprint density at radius 1 is 0.550 bits per heavy atom. The Labute approximate surface area is 348 Å². The molecule has 0 spiro atoms. The van der Waals surface area contributed by atoms with Crippen LogP contribution in [0.3, 0.4) is 0 Å². The van der Waals surface area contributed by atoms with Gasteiger partial charge in [-0.05, 0) is 67.2 Å². The maximum absolute atomic E-state index is 13.4. The van der Waals surface area contributed by atoms with Crippen molar-refractivity contribution in [2.24, 2.45) is 0 Å². The number of likely N-dealkylation sites (N-methyl/N-ethyl adjacent to an activating group) is 2. The van der Waals surface area contributed by atoms with Gasteiger partial charge in [-0.15, -0.1) is 0 Å². The topological polar surface area (TPSA) is 236 Å². The van der Waals surface area contributed by atoms with Crippen molar-refractivity contribution in [1.29, 1.82) is 0 Å². The smallest absolute Gasteiger partial charge is 0.338 e. The predicted molar refractivity (Wildman–Crippen MR) is 211 cm³/mol. The molecule has 0 saturated carbocycles. The summed E-state index contributed by atoms with van der Waals surface area (Å²) in [5.41, 5.74) is 2.81. The summed E-state index contributed by atoms with van der Waals surface area (Å²) in [6, 6.07) is 11.0. The zero-order valence-corrected chi connectivity index (χ0v) is 34.2. The Kier molecular flexibility index (Phi) is 20.1. The number of carboxylic acids is 3. The van der Waals surface area contributed by atoms with E-state index in [1.54, 1.807) is 12.1 Å². The number of nitrogens with zero attached hydrogens (tertiary/aromatic N) is 2. The molecule has 4 atom stereocenters. The Bertz CT molecular complexity index is 1720. The summed E-state index contributed by atoms with van der Waals surface area (Å²) in [6.45, 7) is 8.88.